The highest BCUT2D eigenvalue weighted by Gasteiger charge is 2.59. The normalized spacial score (nSPS) is 13.3. The third kappa shape index (κ3) is 4.76. The van der Waals surface area contributed by atoms with Crippen molar-refractivity contribution in [3.63, 3.8) is 0 Å². The van der Waals surface area contributed by atoms with E-state index in [9.17, 15) is 48.7 Å². The molecular formula is C12H4F10O3. The monoisotopic (exact) mass is 386 g/mol. The molecule has 1 rings (SSSR count). The lowest BCUT2D eigenvalue weighted by Crippen LogP contribution is -2.44. The number of carbonyl (C=O) groups is 1. The maximum absolute atomic E-state index is 13.3. The molecule has 0 saturated carbocycles. The lowest BCUT2D eigenvalue weighted by atomic mass is 10.1. The van der Waals surface area contributed by atoms with E-state index in [4.69, 9.17) is 5.11 Å². The van der Waals surface area contributed by atoms with Gasteiger partial charge in [-0.3, -0.25) is 4.79 Å². The first kappa shape index (κ1) is 20.6. The molecule has 0 spiro atoms. The van der Waals surface area contributed by atoms with Crippen LogP contribution in [-0.4, -0.2) is 29.3 Å². The van der Waals surface area contributed by atoms with Crippen molar-refractivity contribution in [2.24, 2.45) is 0 Å². The summed E-state index contributed by atoms with van der Waals surface area (Å²) in [5.74, 6) is -13.4. The Bertz CT molecular complexity index is 691. The van der Waals surface area contributed by atoms with Crippen molar-refractivity contribution in [3.8, 4) is 0 Å². The van der Waals surface area contributed by atoms with E-state index in [1.165, 1.54) is 0 Å². The largest absolute Gasteiger partial charge is 0.481 e. The molecule has 0 radical (unpaired) electrons. The molecule has 3 nitrogen and oxygen atoms in total. The average Bonchev–Trinajstić information content (AvgIpc) is 2.43. The third-order valence-electron chi connectivity index (χ3n) is 2.46. The van der Waals surface area contributed by atoms with Crippen LogP contribution < -0.4 is 0 Å². The number of rotatable bonds is 4. The molecule has 1 aromatic carbocycles. The van der Waals surface area contributed by atoms with E-state index in [0.717, 1.165) is 0 Å². The number of carbonyl (C=O) groups excluding carboxylic acids is 1. The number of aliphatic hydroxyl groups excluding tert-OH is 1. The van der Waals surface area contributed by atoms with E-state index < -0.39 is 65.1 Å². The zero-order valence-corrected chi connectivity index (χ0v) is 11.3. The first-order valence-electron chi connectivity index (χ1n) is 5.74. The second-order valence-electron chi connectivity index (χ2n) is 4.28. The second kappa shape index (κ2) is 6.80. The predicted octanol–water partition coefficient (Wildman–Crippen LogP) is 4.33. The molecule has 0 bridgehead atoms. The van der Waals surface area contributed by atoms with Gasteiger partial charge in [-0.2, -0.15) is 26.3 Å². The summed E-state index contributed by atoms with van der Waals surface area (Å²) in [6.07, 6.45) is -17.1. The Balaban J connectivity index is 3.17. The van der Waals surface area contributed by atoms with Crippen LogP contribution in [0.25, 0.3) is 0 Å². The molecule has 25 heavy (non-hydrogen) atoms. The number of halogens is 10. The quantitative estimate of drug-likeness (QED) is 0.209. The van der Waals surface area contributed by atoms with E-state index in [0.29, 0.717) is 0 Å². The summed E-state index contributed by atoms with van der Waals surface area (Å²) in [7, 11) is 0. The minimum absolute atomic E-state index is 0.217. The highest BCUT2D eigenvalue weighted by molar-refractivity contribution is 6.04. The molecule has 0 aliphatic rings. The highest BCUT2D eigenvalue weighted by Crippen LogP contribution is 2.36. The highest BCUT2D eigenvalue weighted by atomic mass is 19.4. The fourth-order valence-corrected chi connectivity index (χ4v) is 1.42. The molecule has 0 aliphatic carbocycles. The van der Waals surface area contributed by atoms with Crippen LogP contribution in [0.15, 0.2) is 18.1 Å². The van der Waals surface area contributed by atoms with Gasteiger partial charge in [-0.1, -0.05) is 0 Å². The van der Waals surface area contributed by atoms with Gasteiger partial charge in [0, 0.05) is 0 Å². The number of aliphatic hydroxyl groups is 1. The van der Waals surface area contributed by atoms with Gasteiger partial charge in [0.1, 0.15) is 0 Å². The smallest absolute Gasteiger partial charge is 0.434 e. The zero-order valence-electron chi connectivity index (χ0n) is 11.3. The summed E-state index contributed by atoms with van der Waals surface area (Å²) in [5.41, 5.74) is -1.61. The van der Waals surface area contributed by atoms with Crippen molar-refractivity contribution in [1.29, 1.82) is 0 Å². The minimum atomic E-state index is -6.04. The summed E-state index contributed by atoms with van der Waals surface area (Å²) >= 11 is 0. The van der Waals surface area contributed by atoms with Crippen LogP contribution in [0.3, 0.4) is 0 Å². The standard InChI is InChI=1S/C12H4F10O3/c13-4-1-3(7(14)9(16)8(4)15)5(23)2-6(24)25-10(11(17,18)19)12(20,21)22/h1-2,10,24H/b6-2+. The van der Waals surface area contributed by atoms with Gasteiger partial charge in [-0.25, -0.2) is 17.6 Å². The van der Waals surface area contributed by atoms with Crippen molar-refractivity contribution >= 4 is 5.78 Å². The Hall–Kier alpha value is -2.47. The van der Waals surface area contributed by atoms with Crippen LogP contribution in [0, 0.1) is 23.3 Å². The molecule has 0 heterocycles. The van der Waals surface area contributed by atoms with Crippen LogP contribution in [0.4, 0.5) is 43.9 Å². The maximum atomic E-state index is 13.3. The Morgan fingerprint density at radius 3 is 1.88 bits per heavy atom. The van der Waals surface area contributed by atoms with Crippen molar-refractivity contribution in [3.05, 3.63) is 46.9 Å². The number of allylic oxidation sites excluding steroid dienone is 1. The lowest BCUT2D eigenvalue weighted by molar-refractivity contribution is -0.319. The van der Waals surface area contributed by atoms with Crippen molar-refractivity contribution in [2.45, 2.75) is 18.5 Å². The minimum Gasteiger partial charge on any atom is -0.481 e. The fourth-order valence-electron chi connectivity index (χ4n) is 1.42. The summed E-state index contributed by atoms with van der Waals surface area (Å²) in [5, 5.41) is 8.90. The van der Waals surface area contributed by atoms with Crippen LogP contribution in [0.5, 0.6) is 0 Å². The first-order chi connectivity index (χ1) is 11.2. The van der Waals surface area contributed by atoms with Crippen LogP contribution >= 0.6 is 0 Å². The number of hydrogen-bond acceptors (Lipinski definition) is 3. The molecule has 1 N–H and O–H groups in total. The van der Waals surface area contributed by atoms with E-state index >= 15 is 0 Å². The number of alkyl halides is 6. The molecule has 0 amide bonds. The van der Waals surface area contributed by atoms with E-state index in [2.05, 4.69) is 4.74 Å². The van der Waals surface area contributed by atoms with Gasteiger partial charge in [-0.15, -0.1) is 0 Å². The van der Waals surface area contributed by atoms with Crippen LogP contribution in [-0.2, 0) is 4.74 Å². The maximum Gasteiger partial charge on any atom is 0.434 e. The van der Waals surface area contributed by atoms with E-state index in [1.807, 2.05) is 0 Å². The van der Waals surface area contributed by atoms with Gasteiger partial charge < -0.3 is 9.84 Å². The predicted molar refractivity (Wildman–Crippen MR) is 58.3 cm³/mol. The number of hydrogen-bond donors (Lipinski definition) is 1. The van der Waals surface area contributed by atoms with Gasteiger partial charge >= 0.3 is 12.4 Å². The zero-order chi connectivity index (χ0) is 19.7. The average molecular weight is 386 g/mol. The summed E-state index contributed by atoms with van der Waals surface area (Å²) in [6.45, 7) is 0. The third-order valence-corrected chi connectivity index (χ3v) is 2.46. The molecule has 0 aliphatic heterocycles. The summed E-state index contributed by atoms with van der Waals surface area (Å²) in [6, 6.07) is -0.217. The molecule has 13 heteroatoms. The Kier molecular flexibility index (Phi) is 5.60. The number of ketones is 1. The van der Waals surface area contributed by atoms with Gasteiger partial charge in [0.25, 0.3) is 12.0 Å². The molecule has 0 unspecified atom stereocenters. The van der Waals surface area contributed by atoms with Crippen LogP contribution in [0.2, 0.25) is 0 Å². The second-order valence-corrected chi connectivity index (χ2v) is 4.28. The van der Waals surface area contributed by atoms with Crippen molar-refractivity contribution in [2.75, 3.05) is 0 Å². The Morgan fingerprint density at radius 2 is 1.44 bits per heavy atom. The summed E-state index contributed by atoms with van der Waals surface area (Å²) in [4.78, 5) is 11.4. The topological polar surface area (TPSA) is 46.5 Å². The molecule has 1 aromatic rings. The molecular weight excluding hydrogens is 382 g/mol. The van der Waals surface area contributed by atoms with E-state index in [-0.39, 0.29) is 6.07 Å². The molecule has 0 saturated heterocycles. The number of benzene rings is 1. The first-order valence-corrected chi connectivity index (χ1v) is 5.74. The molecule has 0 atom stereocenters. The Labute approximate surface area is 131 Å². The van der Waals surface area contributed by atoms with E-state index in [1.54, 1.807) is 0 Å². The molecule has 140 valence electrons. The molecule has 0 fully saturated rings. The van der Waals surface area contributed by atoms with Gasteiger partial charge in [0.05, 0.1) is 11.6 Å². The summed E-state index contributed by atoms with van der Waals surface area (Å²) < 4.78 is 128. The lowest BCUT2D eigenvalue weighted by Gasteiger charge is -2.22. The number of ether oxygens (including phenoxy) is 1. The Morgan fingerprint density at radius 1 is 0.960 bits per heavy atom. The molecule has 0 aromatic heterocycles. The van der Waals surface area contributed by atoms with Gasteiger partial charge in [0.2, 0.25) is 0 Å². The van der Waals surface area contributed by atoms with Crippen LogP contribution in [0.1, 0.15) is 10.4 Å². The SMILES string of the molecule is O=C(/C=C(\O)OC(C(F)(F)F)C(F)(F)F)c1cc(F)c(F)c(F)c1F. The van der Waals surface area contributed by atoms with Crippen molar-refractivity contribution in [1.82, 2.24) is 0 Å². The van der Waals surface area contributed by atoms with Crippen molar-refractivity contribution < 1.29 is 58.5 Å². The fraction of sp³-hybridized carbons (Fsp3) is 0.250. The van der Waals surface area contributed by atoms with Gasteiger partial charge in [-0.05, 0) is 6.07 Å². The van der Waals surface area contributed by atoms with Gasteiger partial charge in [0.15, 0.2) is 29.1 Å².